The molecule has 0 aliphatic rings. The van der Waals surface area contributed by atoms with Gasteiger partial charge in [-0.25, -0.2) is 0 Å². The first-order chi connectivity index (χ1) is 8.58. The average molecular weight is 253 g/mol. The third-order valence-corrected chi connectivity index (χ3v) is 2.67. The largest absolute Gasteiger partial charge is 0.504 e. The predicted molar refractivity (Wildman–Crippen MR) is 67.8 cm³/mol. The maximum absolute atomic E-state index is 10.9. The Morgan fingerprint density at radius 1 is 1.50 bits per heavy atom. The summed E-state index contributed by atoms with van der Waals surface area (Å²) in [5.74, 6) is -0.393. The number of phenolic OH excluding ortho intramolecular Hbond substituents is 1. The molecule has 5 heteroatoms. The molecule has 1 unspecified atom stereocenters. The third kappa shape index (κ3) is 3.92. The maximum atomic E-state index is 10.9. The third-order valence-electron chi connectivity index (χ3n) is 2.67. The predicted octanol–water partition coefficient (Wildman–Crippen LogP) is 1.74. The van der Waals surface area contributed by atoms with E-state index in [1.54, 1.807) is 18.2 Å². The van der Waals surface area contributed by atoms with Gasteiger partial charge in [0.2, 0.25) is 0 Å². The number of hydrogen-bond acceptors (Lipinski definition) is 4. The zero-order valence-corrected chi connectivity index (χ0v) is 10.6. The molecule has 0 spiro atoms. The number of phenols is 1. The SMILES string of the molecule is CCCC(NCc1ccc(OC)c(O)c1)C(=O)O. The number of aromatic hydroxyl groups is 1. The molecule has 18 heavy (non-hydrogen) atoms. The average Bonchev–Trinajstić information content (AvgIpc) is 2.34. The summed E-state index contributed by atoms with van der Waals surface area (Å²) in [6, 6.07) is 4.45. The van der Waals surface area contributed by atoms with Crippen molar-refractivity contribution in [2.24, 2.45) is 0 Å². The summed E-state index contributed by atoms with van der Waals surface area (Å²) in [5.41, 5.74) is 0.815. The van der Waals surface area contributed by atoms with E-state index in [0.29, 0.717) is 18.7 Å². The Bertz CT molecular complexity index is 406. The first-order valence-corrected chi connectivity index (χ1v) is 5.90. The molecule has 0 saturated carbocycles. The molecule has 0 aliphatic carbocycles. The highest BCUT2D eigenvalue weighted by atomic mass is 16.5. The zero-order chi connectivity index (χ0) is 13.5. The summed E-state index contributed by atoms with van der Waals surface area (Å²) in [5, 5.41) is 21.5. The van der Waals surface area contributed by atoms with Crippen molar-refractivity contribution < 1.29 is 19.7 Å². The Hall–Kier alpha value is -1.75. The van der Waals surface area contributed by atoms with E-state index in [1.165, 1.54) is 7.11 Å². The van der Waals surface area contributed by atoms with Crippen LogP contribution in [0.4, 0.5) is 0 Å². The number of aliphatic carboxylic acids is 1. The Morgan fingerprint density at radius 3 is 2.72 bits per heavy atom. The van der Waals surface area contributed by atoms with Gasteiger partial charge in [-0.2, -0.15) is 0 Å². The number of carboxylic acids is 1. The van der Waals surface area contributed by atoms with Crippen molar-refractivity contribution in [3.05, 3.63) is 23.8 Å². The van der Waals surface area contributed by atoms with E-state index in [1.807, 2.05) is 6.92 Å². The summed E-state index contributed by atoms with van der Waals surface area (Å²) in [4.78, 5) is 10.9. The van der Waals surface area contributed by atoms with Crippen LogP contribution in [0.3, 0.4) is 0 Å². The molecule has 3 N–H and O–H groups in total. The van der Waals surface area contributed by atoms with Gasteiger partial charge in [0, 0.05) is 6.54 Å². The van der Waals surface area contributed by atoms with Crippen LogP contribution in [0.15, 0.2) is 18.2 Å². The highest BCUT2D eigenvalue weighted by Gasteiger charge is 2.15. The summed E-state index contributed by atoms with van der Waals surface area (Å²) in [6.07, 6.45) is 1.38. The molecule has 100 valence electrons. The van der Waals surface area contributed by atoms with E-state index in [-0.39, 0.29) is 5.75 Å². The fourth-order valence-electron chi connectivity index (χ4n) is 1.69. The number of carboxylic acid groups (broad SMARTS) is 1. The van der Waals surface area contributed by atoms with Gasteiger partial charge in [-0.15, -0.1) is 0 Å². The highest BCUT2D eigenvalue weighted by Crippen LogP contribution is 2.26. The second-order valence-electron chi connectivity index (χ2n) is 4.07. The van der Waals surface area contributed by atoms with Crippen molar-refractivity contribution in [1.29, 1.82) is 0 Å². The Balaban J connectivity index is 2.62. The fraction of sp³-hybridized carbons (Fsp3) is 0.462. The van der Waals surface area contributed by atoms with Crippen molar-refractivity contribution in [2.75, 3.05) is 7.11 Å². The van der Waals surface area contributed by atoms with Gasteiger partial charge in [0.15, 0.2) is 11.5 Å². The van der Waals surface area contributed by atoms with Gasteiger partial charge in [0.05, 0.1) is 7.11 Å². The number of ether oxygens (including phenoxy) is 1. The quantitative estimate of drug-likeness (QED) is 0.690. The van der Waals surface area contributed by atoms with Crippen LogP contribution in [0.1, 0.15) is 25.3 Å². The molecule has 0 bridgehead atoms. The molecule has 0 heterocycles. The number of methoxy groups -OCH3 is 1. The smallest absolute Gasteiger partial charge is 0.320 e. The molecule has 0 saturated heterocycles. The van der Waals surface area contributed by atoms with Crippen LogP contribution in [0, 0.1) is 0 Å². The number of benzene rings is 1. The van der Waals surface area contributed by atoms with Crippen molar-refractivity contribution >= 4 is 5.97 Å². The zero-order valence-electron chi connectivity index (χ0n) is 10.6. The maximum Gasteiger partial charge on any atom is 0.320 e. The fourth-order valence-corrected chi connectivity index (χ4v) is 1.69. The lowest BCUT2D eigenvalue weighted by Crippen LogP contribution is -2.35. The molecule has 1 aromatic rings. The molecule has 1 aromatic carbocycles. The van der Waals surface area contributed by atoms with Crippen LogP contribution >= 0.6 is 0 Å². The molecule has 0 aliphatic heterocycles. The van der Waals surface area contributed by atoms with Crippen molar-refractivity contribution in [3.8, 4) is 11.5 Å². The van der Waals surface area contributed by atoms with E-state index in [9.17, 15) is 9.90 Å². The molecule has 0 radical (unpaired) electrons. The van der Waals surface area contributed by atoms with Gasteiger partial charge in [0.25, 0.3) is 0 Å². The van der Waals surface area contributed by atoms with Crippen LogP contribution in [0.25, 0.3) is 0 Å². The van der Waals surface area contributed by atoms with Gasteiger partial charge >= 0.3 is 5.97 Å². The minimum absolute atomic E-state index is 0.0548. The monoisotopic (exact) mass is 253 g/mol. The second-order valence-corrected chi connectivity index (χ2v) is 4.07. The summed E-state index contributed by atoms with van der Waals surface area (Å²) >= 11 is 0. The standard InChI is InChI=1S/C13H19NO4/c1-3-4-10(13(16)17)14-8-9-5-6-12(18-2)11(15)7-9/h5-7,10,14-15H,3-4,8H2,1-2H3,(H,16,17). The molecule has 1 rings (SSSR count). The molecule has 1 atom stereocenters. The van der Waals surface area contributed by atoms with E-state index >= 15 is 0 Å². The number of hydrogen-bond donors (Lipinski definition) is 3. The summed E-state index contributed by atoms with van der Waals surface area (Å²) < 4.78 is 4.94. The van der Waals surface area contributed by atoms with Crippen molar-refractivity contribution in [1.82, 2.24) is 5.32 Å². The lowest BCUT2D eigenvalue weighted by molar-refractivity contribution is -0.139. The van der Waals surface area contributed by atoms with Crippen molar-refractivity contribution in [2.45, 2.75) is 32.4 Å². The van der Waals surface area contributed by atoms with E-state index in [0.717, 1.165) is 12.0 Å². The topological polar surface area (TPSA) is 78.8 Å². The molecule has 5 nitrogen and oxygen atoms in total. The van der Waals surface area contributed by atoms with Gasteiger partial charge < -0.3 is 20.3 Å². The first kappa shape index (κ1) is 14.3. The van der Waals surface area contributed by atoms with Gasteiger partial charge in [-0.3, -0.25) is 4.79 Å². The lowest BCUT2D eigenvalue weighted by atomic mass is 10.1. The molecule has 0 fully saturated rings. The van der Waals surface area contributed by atoms with Crippen molar-refractivity contribution in [3.63, 3.8) is 0 Å². The molecular formula is C13H19NO4. The Labute approximate surface area is 106 Å². The van der Waals surface area contributed by atoms with Gasteiger partial charge in [0.1, 0.15) is 6.04 Å². The molecule has 0 amide bonds. The number of rotatable bonds is 7. The van der Waals surface area contributed by atoms with Gasteiger partial charge in [-0.1, -0.05) is 19.4 Å². The van der Waals surface area contributed by atoms with Gasteiger partial charge in [-0.05, 0) is 24.1 Å². The van der Waals surface area contributed by atoms with E-state index in [4.69, 9.17) is 9.84 Å². The van der Waals surface area contributed by atoms with Crippen LogP contribution < -0.4 is 10.1 Å². The van der Waals surface area contributed by atoms with Crippen LogP contribution in [-0.4, -0.2) is 29.3 Å². The molecular weight excluding hydrogens is 234 g/mol. The Kier molecular flexibility index (Phi) is 5.45. The summed E-state index contributed by atoms with van der Waals surface area (Å²) in [6.45, 7) is 2.34. The molecule has 0 aromatic heterocycles. The summed E-state index contributed by atoms with van der Waals surface area (Å²) in [7, 11) is 1.48. The highest BCUT2D eigenvalue weighted by molar-refractivity contribution is 5.73. The minimum atomic E-state index is -0.852. The Morgan fingerprint density at radius 2 is 2.22 bits per heavy atom. The first-order valence-electron chi connectivity index (χ1n) is 5.90. The van der Waals surface area contributed by atoms with Crippen LogP contribution in [0.5, 0.6) is 11.5 Å². The normalized spacial score (nSPS) is 12.1. The van der Waals surface area contributed by atoms with E-state index in [2.05, 4.69) is 5.32 Å². The number of carbonyl (C=O) groups is 1. The van der Waals surface area contributed by atoms with Crippen LogP contribution in [0.2, 0.25) is 0 Å². The lowest BCUT2D eigenvalue weighted by Gasteiger charge is -2.14. The van der Waals surface area contributed by atoms with Crippen LogP contribution in [-0.2, 0) is 11.3 Å². The van der Waals surface area contributed by atoms with E-state index < -0.39 is 12.0 Å². The second kappa shape index (κ2) is 6.86. The minimum Gasteiger partial charge on any atom is -0.504 e. The number of nitrogens with one attached hydrogen (secondary N) is 1.